The van der Waals surface area contributed by atoms with Gasteiger partial charge in [-0.2, -0.15) is 0 Å². The van der Waals surface area contributed by atoms with E-state index >= 15 is 0 Å². The van der Waals surface area contributed by atoms with Gasteiger partial charge in [0.15, 0.2) is 11.6 Å². The maximum atomic E-state index is 12.8. The van der Waals surface area contributed by atoms with Crippen LogP contribution in [0.3, 0.4) is 0 Å². The maximum absolute atomic E-state index is 12.8. The summed E-state index contributed by atoms with van der Waals surface area (Å²) in [6, 6.07) is 4.11. The van der Waals surface area contributed by atoms with Crippen LogP contribution in [0.1, 0.15) is 64.9 Å². The molecule has 3 aliphatic carbocycles. The molecule has 0 aliphatic heterocycles. The smallest absolute Gasteiger partial charge is 0.167 e. The molecule has 2 heterocycles. The van der Waals surface area contributed by atoms with Crippen molar-refractivity contribution in [2.45, 2.75) is 38.5 Å². The molecule has 0 N–H and O–H groups in total. The Morgan fingerprint density at radius 2 is 1.18 bits per heavy atom. The zero-order valence-electron chi connectivity index (χ0n) is 12.5. The van der Waals surface area contributed by atoms with Gasteiger partial charge < -0.3 is 0 Å². The average molecular weight is 328 g/mol. The minimum Gasteiger partial charge on any atom is -0.294 e. The second kappa shape index (κ2) is 4.18. The molecule has 112 valence electrons. The number of hydrogen-bond donors (Lipinski definition) is 0. The number of aryl methyl sites for hydroxylation is 2. The third-order valence-electron chi connectivity index (χ3n) is 5.63. The van der Waals surface area contributed by atoms with Gasteiger partial charge in [0.25, 0.3) is 0 Å². The number of carbonyl (C=O) groups is 2. The molecule has 0 aromatic carbocycles. The van der Waals surface area contributed by atoms with E-state index in [1.54, 1.807) is 22.7 Å². The molecule has 4 heteroatoms. The van der Waals surface area contributed by atoms with Crippen LogP contribution in [-0.2, 0) is 0 Å². The van der Waals surface area contributed by atoms with E-state index in [1.807, 2.05) is 0 Å². The summed E-state index contributed by atoms with van der Waals surface area (Å²) in [6.07, 6.45) is 1.74. The van der Waals surface area contributed by atoms with Crippen molar-refractivity contribution < 1.29 is 9.59 Å². The fourth-order valence-corrected chi connectivity index (χ4v) is 7.17. The monoisotopic (exact) mass is 328 g/mol. The van der Waals surface area contributed by atoms with Crippen molar-refractivity contribution in [2.75, 3.05) is 0 Å². The normalized spacial score (nSPS) is 31.9. The zero-order valence-corrected chi connectivity index (χ0v) is 14.1. The molecule has 3 aliphatic rings. The van der Waals surface area contributed by atoms with E-state index < -0.39 is 0 Å². The number of fused-ring (bicyclic) bond motifs is 6. The summed E-state index contributed by atoms with van der Waals surface area (Å²) in [5, 5.41) is 0. The van der Waals surface area contributed by atoms with Gasteiger partial charge in [-0.3, -0.25) is 9.59 Å². The topological polar surface area (TPSA) is 34.1 Å². The van der Waals surface area contributed by atoms with Gasteiger partial charge >= 0.3 is 0 Å². The third kappa shape index (κ3) is 1.50. The molecular formula is C18H16O2S2. The zero-order chi connectivity index (χ0) is 15.2. The number of rotatable bonds is 0. The van der Waals surface area contributed by atoms with Crippen molar-refractivity contribution in [1.82, 2.24) is 0 Å². The summed E-state index contributed by atoms with van der Waals surface area (Å²) >= 11 is 3.52. The Morgan fingerprint density at radius 1 is 0.773 bits per heavy atom. The minimum atomic E-state index is 0.115. The van der Waals surface area contributed by atoms with Crippen LogP contribution in [0.5, 0.6) is 0 Å². The Labute approximate surface area is 137 Å². The molecule has 2 aromatic heterocycles. The highest BCUT2D eigenvalue weighted by Gasteiger charge is 2.53. The number of ketones is 2. The molecule has 0 saturated heterocycles. The van der Waals surface area contributed by atoms with E-state index in [-0.39, 0.29) is 11.8 Å². The first kappa shape index (κ1) is 13.2. The highest BCUT2D eigenvalue weighted by molar-refractivity contribution is 7.13. The number of carbonyl (C=O) groups excluding carboxylic acids is 2. The number of hydrogen-bond acceptors (Lipinski definition) is 4. The molecule has 4 atom stereocenters. The summed E-state index contributed by atoms with van der Waals surface area (Å²) in [5.41, 5.74) is 1.90. The van der Waals surface area contributed by atoms with E-state index in [0.717, 1.165) is 24.0 Å². The first-order valence-corrected chi connectivity index (χ1v) is 9.47. The lowest BCUT2D eigenvalue weighted by Crippen LogP contribution is -2.29. The molecule has 22 heavy (non-hydrogen) atoms. The molecular weight excluding hydrogens is 312 g/mol. The van der Waals surface area contributed by atoms with E-state index in [2.05, 4.69) is 26.0 Å². The van der Waals surface area contributed by atoms with Gasteiger partial charge in [0.2, 0.25) is 0 Å². The summed E-state index contributed by atoms with van der Waals surface area (Å²) in [7, 11) is 0. The first-order valence-electron chi connectivity index (χ1n) is 7.83. The standard InChI is InChI=1S/C18H16O2S2/c1-7-3-13-15(19)9-6-12-10(5-11(9)17(13)21-7)16(20)14-4-8(2)22-18(12)14/h3-4,9-12H,5-6H2,1-2H3. The molecule has 2 aromatic rings. The van der Waals surface area contributed by atoms with E-state index in [1.165, 1.54) is 19.5 Å². The molecule has 0 amide bonds. The SMILES string of the molecule is Cc1cc2c(s1)C1CC3C(=O)c4cc(C)sc4C3CC1C2=O. The Morgan fingerprint density at radius 3 is 1.59 bits per heavy atom. The number of thiophene rings is 2. The summed E-state index contributed by atoms with van der Waals surface area (Å²) in [5.74, 6) is 1.48. The second-order valence-corrected chi connectivity index (χ2v) is 9.47. The van der Waals surface area contributed by atoms with E-state index in [9.17, 15) is 9.59 Å². The summed E-state index contributed by atoms with van der Waals surface area (Å²) < 4.78 is 0. The van der Waals surface area contributed by atoms with Crippen LogP contribution in [0.15, 0.2) is 12.1 Å². The van der Waals surface area contributed by atoms with Gasteiger partial charge in [0.05, 0.1) is 0 Å². The molecule has 1 fully saturated rings. The van der Waals surface area contributed by atoms with Crippen molar-refractivity contribution in [3.63, 3.8) is 0 Å². The van der Waals surface area contributed by atoms with Crippen LogP contribution in [0, 0.1) is 25.7 Å². The third-order valence-corrected chi connectivity index (χ3v) is 8.00. The fourth-order valence-electron chi connectivity index (χ4n) is 4.76. The van der Waals surface area contributed by atoms with Crippen LogP contribution < -0.4 is 0 Å². The number of Topliss-reactive ketones (excluding diaryl/α,β-unsaturated/α-hetero) is 2. The summed E-state index contributed by atoms with van der Waals surface area (Å²) in [4.78, 5) is 30.5. The Bertz CT molecular complexity index is 771. The van der Waals surface area contributed by atoms with E-state index in [0.29, 0.717) is 23.4 Å². The lowest BCUT2D eigenvalue weighted by molar-refractivity contribution is 0.0789. The van der Waals surface area contributed by atoms with Crippen LogP contribution in [0.2, 0.25) is 0 Å². The largest absolute Gasteiger partial charge is 0.294 e. The van der Waals surface area contributed by atoms with Gasteiger partial charge in [0, 0.05) is 54.3 Å². The van der Waals surface area contributed by atoms with Crippen molar-refractivity contribution in [1.29, 1.82) is 0 Å². The van der Waals surface area contributed by atoms with Crippen molar-refractivity contribution in [3.05, 3.63) is 42.8 Å². The highest BCUT2D eigenvalue weighted by Crippen LogP contribution is 2.59. The highest BCUT2D eigenvalue weighted by atomic mass is 32.1. The molecule has 2 nitrogen and oxygen atoms in total. The van der Waals surface area contributed by atoms with Crippen molar-refractivity contribution in [3.8, 4) is 0 Å². The van der Waals surface area contributed by atoms with Crippen LogP contribution in [0.4, 0.5) is 0 Å². The predicted molar refractivity (Wildman–Crippen MR) is 88.5 cm³/mol. The fraction of sp³-hybridized carbons (Fsp3) is 0.444. The quantitative estimate of drug-likeness (QED) is 0.701. The van der Waals surface area contributed by atoms with E-state index in [4.69, 9.17) is 0 Å². The lowest BCUT2D eigenvalue weighted by atomic mass is 9.70. The van der Waals surface area contributed by atoms with Crippen LogP contribution in [0.25, 0.3) is 0 Å². The molecule has 5 rings (SSSR count). The molecule has 0 radical (unpaired) electrons. The molecule has 1 saturated carbocycles. The van der Waals surface area contributed by atoms with Crippen molar-refractivity contribution >= 4 is 34.2 Å². The van der Waals surface area contributed by atoms with Gasteiger partial charge in [-0.05, 0) is 38.8 Å². The average Bonchev–Trinajstić information content (AvgIpc) is 3.17. The molecule has 0 bridgehead atoms. The van der Waals surface area contributed by atoms with Crippen LogP contribution >= 0.6 is 22.7 Å². The van der Waals surface area contributed by atoms with Gasteiger partial charge in [0.1, 0.15) is 0 Å². The predicted octanol–water partition coefficient (Wildman–Crippen LogP) is 4.71. The lowest BCUT2D eigenvalue weighted by Gasteiger charge is -2.33. The van der Waals surface area contributed by atoms with Gasteiger partial charge in [-0.25, -0.2) is 0 Å². The first-order chi connectivity index (χ1) is 10.5. The second-order valence-electron chi connectivity index (χ2n) is 6.90. The Balaban J connectivity index is 1.58. The van der Waals surface area contributed by atoms with Crippen molar-refractivity contribution in [2.24, 2.45) is 11.8 Å². The van der Waals surface area contributed by atoms with Gasteiger partial charge in [-0.1, -0.05) is 0 Å². The Kier molecular flexibility index (Phi) is 2.51. The molecule has 4 unspecified atom stereocenters. The maximum Gasteiger partial charge on any atom is 0.167 e. The minimum absolute atomic E-state index is 0.115. The van der Waals surface area contributed by atoms with Crippen LogP contribution in [-0.4, -0.2) is 11.6 Å². The Hall–Kier alpha value is -1.26. The molecule has 0 spiro atoms. The summed E-state index contributed by atoms with van der Waals surface area (Å²) in [6.45, 7) is 4.13. The van der Waals surface area contributed by atoms with Gasteiger partial charge in [-0.15, -0.1) is 22.7 Å².